The molecule has 2 aromatic rings. The second kappa shape index (κ2) is 7.90. The first-order valence-corrected chi connectivity index (χ1v) is 6.85. The van der Waals surface area contributed by atoms with Gasteiger partial charge in [0, 0.05) is 24.6 Å². The highest BCUT2D eigenvalue weighted by atomic mass is 16.4. The molecule has 0 unspecified atom stereocenters. The molecule has 114 valence electrons. The molecule has 6 heteroatoms. The van der Waals surface area contributed by atoms with Gasteiger partial charge < -0.3 is 15.7 Å². The molecule has 1 aromatic heterocycles. The third-order valence-corrected chi connectivity index (χ3v) is 3.01. The van der Waals surface area contributed by atoms with Crippen molar-refractivity contribution >= 4 is 17.6 Å². The van der Waals surface area contributed by atoms with Crippen LogP contribution in [-0.4, -0.2) is 28.0 Å². The molecule has 0 aliphatic rings. The smallest absolute Gasteiger partial charge is 0.305 e. The summed E-state index contributed by atoms with van der Waals surface area (Å²) >= 11 is 0. The molecule has 0 radical (unpaired) electrons. The number of hydrogen-bond acceptors (Lipinski definition) is 4. The summed E-state index contributed by atoms with van der Waals surface area (Å²) in [7, 11) is 0. The number of nitrogens with one attached hydrogen (secondary N) is 2. The number of amides is 1. The average molecular weight is 299 g/mol. The maximum absolute atomic E-state index is 12.2. The van der Waals surface area contributed by atoms with Crippen molar-refractivity contribution in [1.29, 1.82) is 0 Å². The van der Waals surface area contributed by atoms with E-state index in [0.717, 1.165) is 5.56 Å². The Labute approximate surface area is 128 Å². The second-order valence-electron chi connectivity index (χ2n) is 4.75. The van der Waals surface area contributed by atoms with E-state index in [9.17, 15) is 9.59 Å². The summed E-state index contributed by atoms with van der Waals surface area (Å²) in [5, 5.41) is 14.6. The predicted molar refractivity (Wildman–Crippen MR) is 82.2 cm³/mol. The maximum atomic E-state index is 12.2. The van der Waals surface area contributed by atoms with E-state index < -0.39 is 12.0 Å². The molecule has 0 aliphatic carbocycles. The van der Waals surface area contributed by atoms with E-state index in [4.69, 9.17) is 5.11 Å². The topological polar surface area (TPSA) is 91.3 Å². The van der Waals surface area contributed by atoms with E-state index in [1.165, 1.54) is 0 Å². The summed E-state index contributed by atoms with van der Waals surface area (Å²) in [6.45, 7) is 0.369. The van der Waals surface area contributed by atoms with E-state index >= 15 is 0 Å². The predicted octanol–water partition coefficient (Wildman–Crippen LogP) is 1.65. The van der Waals surface area contributed by atoms with Crippen LogP contribution in [0.5, 0.6) is 0 Å². The van der Waals surface area contributed by atoms with Crippen LogP contribution in [0.3, 0.4) is 0 Å². The lowest BCUT2D eigenvalue weighted by Gasteiger charge is -2.16. The molecule has 1 heterocycles. The van der Waals surface area contributed by atoms with Crippen LogP contribution in [0.15, 0.2) is 54.9 Å². The number of hydrogen-bond donors (Lipinski definition) is 3. The van der Waals surface area contributed by atoms with Crippen molar-refractivity contribution in [2.24, 2.45) is 0 Å². The first kappa shape index (κ1) is 15.7. The zero-order valence-electron chi connectivity index (χ0n) is 11.9. The summed E-state index contributed by atoms with van der Waals surface area (Å²) in [5.41, 5.74) is 1.51. The van der Waals surface area contributed by atoms with E-state index in [1.54, 1.807) is 42.7 Å². The molecule has 3 N–H and O–H groups in total. The molecule has 6 nitrogen and oxygen atoms in total. The average Bonchev–Trinajstić information content (AvgIpc) is 2.53. The lowest BCUT2D eigenvalue weighted by Crippen LogP contribution is -2.41. The Morgan fingerprint density at radius 1 is 1.14 bits per heavy atom. The molecule has 1 amide bonds. The summed E-state index contributed by atoms with van der Waals surface area (Å²) in [5.74, 6) is -1.41. The summed E-state index contributed by atoms with van der Waals surface area (Å²) < 4.78 is 0. The van der Waals surface area contributed by atoms with Crippen molar-refractivity contribution in [3.63, 3.8) is 0 Å². The number of carbonyl (C=O) groups is 2. The SMILES string of the molecule is O=C(O)C[C@@H](NCc1cccnc1)C(=O)Nc1ccccc1. The molecule has 1 atom stereocenters. The zero-order valence-corrected chi connectivity index (χ0v) is 11.9. The van der Waals surface area contributed by atoms with E-state index in [-0.39, 0.29) is 12.3 Å². The Morgan fingerprint density at radius 3 is 2.55 bits per heavy atom. The minimum absolute atomic E-state index is 0.293. The second-order valence-corrected chi connectivity index (χ2v) is 4.75. The minimum atomic E-state index is -1.04. The fourth-order valence-electron chi connectivity index (χ4n) is 1.93. The molecule has 2 rings (SSSR count). The number of aromatic nitrogens is 1. The molecule has 22 heavy (non-hydrogen) atoms. The summed E-state index contributed by atoms with van der Waals surface area (Å²) in [4.78, 5) is 27.1. The first-order valence-electron chi connectivity index (χ1n) is 6.85. The van der Waals surface area contributed by atoms with Gasteiger partial charge in [0.25, 0.3) is 0 Å². The number of para-hydroxylation sites is 1. The van der Waals surface area contributed by atoms with Gasteiger partial charge in [-0.05, 0) is 23.8 Å². The number of carboxylic acid groups (broad SMARTS) is 1. The van der Waals surface area contributed by atoms with Crippen molar-refractivity contribution in [3.8, 4) is 0 Å². The normalized spacial score (nSPS) is 11.6. The number of rotatable bonds is 7. The molecule has 0 spiro atoms. The van der Waals surface area contributed by atoms with Crippen LogP contribution in [0, 0.1) is 0 Å². The van der Waals surface area contributed by atoms with Gasteiger partial charge in [-0.2, -0.15) is 0 Å². The van der Waals surface area contributed by atoms with Gasteiger partial charge in [-0.1, -0.05) is 24.3 Å². The molecular weight excluding hydrogens is 282 g/mol. The van der Waals surface area contributed by atoms with Crippen molar-refractivity contribution < 1.29 is 14.7 Å². The highest BCUT2D eigenvalue weighted by Gasteiger charge is 2.21. The molecule has 0 saturated heterocycles. The molecule has 0 aliphatic heterocycles. The Hall–Kier alpha value is -2.73. The van der Waals surface area contributed by atoms with Gasteiger partial charge in [-0.25, -0.2) is 0 Å². The van der Waals surface area contributed by atoms with Crippen molar-refractivity contribution in [2.75, 3.05) is 5.32 Å². The number of anilines is 1. The Kier molecular flexibility index (Phi) is 5.62. The van der Waals surface area contributed by atoms with Crippen LogP contribution in [0.2, 0.25) is 0 Å². The standard InChI is InChI=1S/C16H17N3O3/c20-15(21)9-14(18-11-12-5-4-8-17-10-12)16(22)19-13-6-2-1-3-7-13/h1-8,10,14,18H,9,11H2,(H,19,22)(H,20,21)/t14-/m1/s1. The molecule has 0 bridgehead atoms. The lowest BCUT2D eigenvalue weighted by molar-refractivity contribution is -0.139. The number of nitrogens with zero attached hydrogens (tertiary/aromatic N) is 1. The fraction of sp³-hybridized carbons (Fsp3) is 0.188. The van der Waals surface area contributed by atoms with Gasteiger partial charge in [0.15, 0.2) is 0 Å². The van der Waals surface area contributed by atoms with Gasteiger partial charge in [-0.15, -0.1) is 0 Å². The number of carboxylic acids is 1. The van der Waals surface area contributed by atoms with Crippen molar-refractivity contribution in [1.82, 2.24) is 10.3 Å². The monoisotopic (exact) mass is 299 g/mol. The van der Waals surface area contributed by atoms with Crippen LogP contribution < -0.4 is 10.6 Å². The third kappa shape index (κ3) is 4.99. The van der Waals surface area contributed by atoms with E-state index in [1.807, 2.05) is 12.1 Å². The maximum Gasteiger partial charge on any atom is 0.305 e. The first-order chi connectivity index (χ1) is 10.6. The lowest BCUT2D eigenvalue weighted by atomic mass is 10.1. The van der Waals surface area contributed by atoms with Crippen LogP contribution >= 0.6 is 0 Å². The largest absolute Gasteiger partial charge is 0.481 e. The quantitative estimate of drug-likeness (QED) is 0.723. The summed E-state index contributed by atoms with van der Waals surface area (Å²) in [6, 6.07) is 11.7. The van der Waals surface area contributed by atoms with Gasteiger partial charge in [0.05, 0.1) is 12.5 Å². The molecule has 0 fully saturated rings. The van der Waals surface area contributed by atoms with Crippen molar-refractivity contribution in [2.45, 2.75) is 19.0 Å². The summed E-state index contributed by atoms with van der Waals surface area (Å²) in [6.07, 6.45) is 3.03. The van der Waals surface area contributed by atoms with E-state index in [2.05, 4.69) is 15.6 Å². The number of benzene rings is 1. The van der Waals surface area contributed by atoms with Crippen LogP contribution in [0.4, 0.5) is 5.69 Å². The molecule has 1 aromatic carbocycles. The highest BCUT2D eigenvalue weighted by Crippen LogP contribution is 2.07. The van der Waals surface area contributed by atoms with Crippen molar-refractivity contribution in [3.05, 3.63) is 60.4 Å². The van der Waals surface area contributed by atoms with Gasteiger partial charge in [0.2, 0.25) is 5.91 Å². The molecule has 0 saturated carbocycles. The van der Waals surface area contributed by atoms with Crippen LogP contribution in [-0.2, 0) is 16.1 Å². The number of pyridine rings is 1. The van der Waals surface area contributed by atoms with E-state index in [0.29, 0.717) is 12.2 Å². The molecular formula is C16H17N3O3. The van der Waals surface area contributed by atoms with Gasteiger partial charge in [0.1, 0.15) is 0 Å². The highest BCUT2D eigenvalue weighted by molar-refractivity contribution is 5.96. The van der Waals surface area contributed by atoms with Gasteiger partial charge in [-0.3, -0.25) is 14.6 Å². The number of carbonyl (C=O) groups excluding carboxylic acids is 1. The Bertz CT molecular complexity index is 617. The zero-order chi connectivity index (χ0) is 15.8. The fourth-order valence-corrected chi connectivity index (χ4v) is 1.93. The Morgan fingerprint density at radius 2 is 1.91 bits per heavy atom. The Balaban J connectivity index is 1.98. The van der Waals surface area contributed by atoms with Gasteiger partial charge >= 0.3 is 5.97 Å². The number of aliphatic carboxylic acids is 1. The van der Waals surface area contributed by atoms with Crippen LogP contribution in [0.1, 0.15) is 12.0 Å². The third-order valence-electron chi connectivity index (χ3n) is 3.01. The van der Waals surface area contributed by atoms with Crippen LogP contribution in [0.25, 0.3) is 0 Å². The minimum Gasteiger partial charge on any atom is -0.481 e.